The Morgan fingerprint density at radius 3 is 2.72 bits per heavy atom. The van der Waals surface area contributed by atoms with Crippen LogP contribution in [0.4, 0.5) is 5.69 Å². The number of nitrogens with zero attached hydrogens (tertiary/aromatic N) is 1. The number of halogens is 1. The van der Waals surface area contributed by atoms with E-state index in [0.29, 0.717) is 36.9 Å². The fraction of sp³-hybridized carbons (Fsp3) is 0.529. The maximum atomic E-state index is 12.4. The molecular weight excluding hydrogens is 346 g/mol. The topological polar surface area (TPSA) is 79.9 Å². The van der Waals surface area contributed by atoms with Crippen LogP contribution in [0, 0.1) is 0 Å². The van der Waals surface area contributed by atoms with Crippen LogP contribution in [0.15, 0.2) is 18.2 Å². The molecule has 2 aliphatic rings. The van der Waals surface area contributed by atoms with Gasteiger partial charge in [-0.15, -0.1) is 12.4 Å². The van der Waals surface area contributed by atoms with Crippen molar-refractivity contribution in [3.05, 3.63) is 18.2 Å². The van der Waals surface area contributed by atoms with Crippen LogP contribution >= 0.6 is 12.4 Å². The first-order chi connectivity index (χ1) is 11.7. The van der Waals surface area contributed by atoms with Gasteiger partial charge in [0.15, 0.2) is 11.5 Å². The summed E-state index contributed by atoms with van der Waals surface area (Å²) >= 11 is 0. The molecule has 138 valence electrons. The van der Waals surface area contributed by atoms with Gasteiger partial charge in [0.05, 0.1) is 12.6 Å². The predicted molar refractivity (Wildman–Crippen MR) is 96.6 cm³/mol. The summed E-state index contributed by atoms with van der Waals surface area (Å²) in [7, 11) is 0. The monoisotopic (exact) mass is 369 g/mol. The molecule has 25 heavy (non-hydrogen) atoms. The van der Waals surface area contributed by atoms with Crippen molar-refractivity contribution < 1.29 is 19.1 Å². The van der Waals surface area contributed by atoms with Crippen molar-refractivity contribution in [2.75, 3.05) is 38.2 Å². The highest BCUT2D eigenvalue weighted by Crippen LogP contribution is 2.32. The Morgan fingerprint density at radius 2 is 2.04 bits per heavy atom. The molecule has 0 aliphatic carbocycles. The van der Waals surface area contributed by atoms with Gasteiger partial charge in [0.1, 0.15) is 13.2 Å². The molecule has 1 unspecified atom stereocenters. The van der Waals surface area contributed by atoms with Crippen LogP contribution < -0.4 is 20.1 Å². The maximum Gasteiger partial charge on any atom is 0.243 e. The molecule has 1 fully saturated rings. The molecule has 1 atom stereocenters. The third-order valence-corrected chi connectivity index (χ3v) is 4.21. The van der Waals surface area contributed by atoms with Crippen LogP contribution in [0.5, 0.6) is 11.5 Å². The van der Waals surface area contributed by atoms with Crippen molar-refractivity contribution >= 4 is 29.9 Å². The van der Waals surface area contributed by atoms with Crippen LogP contribution in [0.1, 0.15) is 19.8 Å². The Hall–Kier alpha value is -1.99. The largest absolute Gasteiger partial charge is 0.486 e. The lowest BCUT2D eigenvalue weighted by atomic mass is 10.2. The summed E-state index contributed by atoms with van der Waals surface area (Å²) in [6.07, 6.45) is 1.83. The van der Waals surface area contributed by atoms with Crippen molar-refractivity contribution in [3.8, 4) is 11.5 Å². The van der Waals surface area contributed by atoms with Crippen LogP contribution in [0.25, 0.3) is 0 Å². The van der Waals surface area contributed by atoms with Crippen LogP contribution in [-0.4, -0.2) is 55.6 Å². The standard InChI is InChI=1S/C17H23N3O4.ClH/c1-2-20(17(22)13-4-3-7-18-13)11-16(21)19-12-5-6-14-15(10-12)24-9-8-23-14;/h5-6,10,13,18H,2-4,7-9,11H2,1H3,(H,19,21);1H. The van der Waals surface area contributed by atoms with Gasteiger partial charge in [0.25, 0.3) is 0 Å². The van der Waals surface area contributed by atoms with Crippen molar-refractivity contribution in [2.45, 2.75) is 25.8 Å². The van der Waals surface area contributed by atoms with Gasteiger partial charge in [0.2, 0.25) is 11.8 Å². The number of fused-ring (bicyclic) bond motifs is 1. The van der Waals surface area contributed by atoms with Gasteiger partial charge >= 0.3 is 0 Å². The SMILES string of the molecule is CCN(CC(=O)Nc1ccc2c(c1)OCCO2)C(=O)C1CCCN1.Cl. The number of rotatable bonds is 5. The lowest BCUT2D eigenvalue weighted by molar-refractivity contribution is -0.136. The molecule has 0 bridgehead atoms. The van der Waals surface area contributed by atoms with Gasteiger partial charge in [-0.05, 0) is 38.4 Å². The Labute approximate surface area is 153 Å². The lowest BCUT2D eigenvalue weighted by Gasteiger charge is -2.24. The predicted octanol–water partition coefficient (Wildman–Crippen LogP) is 1.42. The van der Waals surface area contributed by atoms with Crippen LogP contribution in [-0.2, 0) is 9.59 Å². The number of carbonyl (C=O) groups excluding carboxylic acids is 2. The van der Waals surface area contributed by atoms with Gasteiger partial charge in [0, 0.05) is 18.3 Å². The Morgan fingerprint density at radius 1 is 1.28 bits per heavy atom. The molecule has 2 N–H and O–H groups in total. The van der Waals surface area contributed by atoms with Gasteiger partial charge in [-0.25, -0.2) is 0 Å². The first-order valence-electron chi connectivity index (χ1n) is 8.39. The molecule has 0 radical (unpaired) electrons. The summed E-state index contributed by atoms with van der Waals surface area (Å²) < 4.78 is 11.0. The molecule has 0 saturated carbocycles. The smallest absolute Gasteiger partial charge is 0.243 e. The van der Waals surface area contributed by atoms with E-state index >= 15 is 0 Å². The van der Waals surface area contributed by atoms with E-state index in [1.54, 1.807) is 23.1 Å². The second-order valence-corrected chi connectivity index (χ2v) is 5.91. The minimum Gasteiger partial charge on any atom is -0.486 e. The number of hydrogen-bond acceptors (Lipinski definition) is 5. The van der Waals surface area contributed by atoms with E-state index in [1.165, 1.54) is 0 Å². The van der Waals surface area contributed by atoms with Crippen LogP contribution in [0.2, 0.25) is 0 Å². The molecule has 1 aromatic rings. The number of hydrogen-bond donors (Lipinski definition) is 2. The average Bonchev–Trinajstić information content (AvgIpc) is 3.13. The molecule has 1 saturated heterocycles. The average molecular weight is 370 g/mol. The highest BCUT2D eigenvalue weighted by atomic mass is 35.5. The minimum atomic E-state index is -0.222. The van der Waals surface area contributed by atoms with E-state index in [0.717, 1.165) is 19.4 Å². The summed E-state index contributed by atoms with van der Waals surface area (Å²) in [6.45, 7) is 4.31. The third-order valence-electron chi connectivity index (χ3n) is 4.21. The Kier molecular flexibility index (Phi) is 6.90. The van der Waals surface area contributed by atoms with Gasteiger partial charge in [-0.3, -0.25) is 9.59 Å². The zero-order chi connectivity index (χ0) is 16.9. The first kappa shape index (κ1) is 19.3. The first-order valence-corrected chi connectivity index (χ1v) is 8.39. The molecule has 1 aromatic carbocycles. The van der Waals surface area contributed by atoms with Crippen molar-refractivity contribution in [2.24, 2.45) is 0 Å². The molecular formula is C17H24ClN3O4. The second kappa shape index (κ2) is 8.92. The minimum absolute atomic E-state index is 0. The number of ether oxygens (including phenoxy) is 2. The number of nitrogens with one attached hydrogen (secondary N) is 2. The van der Waals surface area contributed by atoms with E-state index in [-0.39, 0.29) is 36.8 Å². The number of likely N-dealkylation sites (N-methyl/N-ethyl adjacent to an activating group) is 1. The fourth-order valence-electron chi connectivity index (χ4n) is 2.96. The zero-order valence-corrected chi connectivity index (χ0v) is 15.1. The summed E-state index contributed by atoms with van der Waals surface area (Å²) in [4.78, 5) is 26.3. The normalized spacial score (nSPS) is 18.2. The highest BCUT2D eigenvalue weighted by molar-refractivity contribution is 5.95. The Bertz CT molecular complexity index is 620. The Balaban J connectivity index is 0.00000225. The summed E-state index contributed by atoms with van der Waals surface area (Å²) in [5.41, 5.74) is 0.631. The van der Waals surface area contributed by atoms with Crippen LogP contribution in [0.3, 0.4) is 0 Å². The number of anilines is 1. The summed E-state index contributed by atoms with van der Waals surface area (Å²) in [5.74, 6) is 1.07. The van der Waals surface area contributed by atoms with Gasteiger partial charge in [-0.2, -0.15) is 0 Å². The summed E-state index contributed by atoms with van der Waals surface area (Å²) in [5, 5.41) is 5.99. The molecule has 3 rings (SSSR count). The van der Waals surface area contributed by atoms with E-state index in [2.05, 4.69) is 10.6 Å². The van der Waals surface area contributed by atoms with E-state index < -0.39 is 0 Å². The number of amides is 2. The lowest BCUT2D eigenvalue weighted by Crippen LogP contribution is -2.46. The highest BCUT2D eigenvalue weighted by Gasteiger charge is 2.27. The molecule has 2 heterocycles. The van der Waals surface area contributed by atoms with E-state index in [4.69, 9.17) is 9.47 Å². The fourth-order valence-corrected chi connectivity index (χ4v) is 2.96. The molecule has 0 aromatic heterocycles. The van der Waals surface area contributed by atoms with Crippen molar-refractivity contribution in [1.29, 1.82) is 0 Å². The number of carbonyl (C=O) groups is 2. The van der Waals surface area contributed by atoms with Crippen molar-refractivity contribution in [1.82, 2.24) is 10.2 Å². The van der Waals surface area contributed by atoms with Gasteiger partial charge in [-0.1, -0.05) is 0 Å². The van der Waals surface area contributed by atoms with Crippen molar-refractivity contribution in [3.63, 3.8) is 0 Å². The molecule has 7 nitrogen and oxygen atoms in total. The maximum absolute atomic E-state index is 12.4. The van der Waals surface area contributed by atoms with E-state index in [1.807, 2.05) is 6.92 Å². The van der Waals surface area contributed by atoms with Gasteiger partial charge < -0.3 is 25.0 Å². The quantitative estimate of drug-likeness (QED) is 0.820. The number of benzene rings is 1. The zero-order valence-electron chi connectivity index (χ0n) is 14.2. The molecule has 2 aliphatic heterocycles. The second-order valence-electron chi connectivity index (χ2n) is 5.91. The summed E-state index contributed by atoms with van der Waals surface area (Å²) in [6, 6.07) is 5.12. The van der Waals surface area contributed by atoms with E-state index in [9.17, 15) is 9.59 Å². The third kappa shape index (κ3) is 4.76. The molecule has 0 spiro atoms. The molecule has 2 amide bonds. The molecule has 8 heteroatoms.